The van der Waals surface area contributed by atoms with Crippen molar-refractivity contribution in [2.45, 2.75) is 12.3 Å². The minimum Gasteiger partial charge on any atom is -0.355 e. The average Bonchev–Trinajstić information content (AvgIpc) is 3.24. The first-order valence-corrected chi connectivity index (χ1v) is 11.1. The topological polar surface area (TPSA) is 45.2 Å². The molecule has 3 aromatic carbocycles. The summed E-state index contributed by atoms with van der Waals surface area (Å²) in [6, 6.07) is 25.6. The summed E-state index contributed by atoms with van der Waals surface area (Å²) in [5, 5.41) is 3.65. The summed E-state index contributed by atoms with van der Waals surface area (Å²) in [7, 11) is 1.80. The molecule has 0 aliphatic rings. The number of anilines is 1. The zero-order valence-electron chi connectivity index (χ0n) is 17.3. The van der Waals surface area contributed by atoms with Crippen molar-refractivity contribution in [2.24, 2.45) is 0 Å². The summed E-state index contributed by atoms with van der Waals surface area (Å²) < 4.78 is 14.7. The van der Waals surface area contributed by atoms with Gasteiger partial charge in [0.2, 0.25) is 5.91 Å². The van der Waals surface area contributed by atoms with E-state index < -0.39 is 0 Å². The number of hydrogen-bond donors (Lipinski definition) is 1. The third kappa shape index (κ3) is 5.09. The summed E-state index contributed by atoms with van der Waals surface area (Å²) in [5.74, 6) is -0.208. The molecule has 1 amide bonds. The minimum absolute atomic E-state index is 0.0814. The van der Waals surface area contributed by atoms with Crippen molar-refractivity contribution in [1.29, 1.82) is 0 Å². The Balaban J connectivity index is 1.36. The van der Waals surface area contributed by atoms with Gasteiger partial charge in [-0.3, -0.25) is 4.79 Å². The highest BCUT2D eigenvalue weighted by molar-refractivity contribution is 7.22. The Kier molecular flexibility index (Phi) is 6.57. The van der Waals surface area contributed by atoms with Crippen LogP contribution in [0, 0.1) is 5.82 Å². The van der Waals surface area contributed by atoms with Crippen LogP contribution in [0.25, 0.3) is 10.2 Å². The molecule has 1 aromatic heterocycles. The maximum absolute atomic E-state index is 13.9. The maximum Gasteiger partial charge on any atom is 0.239 e. The van der Waals surface area contributed by atoms with E-state index in [1.54, 1.807) is 18.0 Å². The van der Waals surface area contributed by atoms with Gasteiger partial charge in [0.15, 0.2) is 5.13 Å². The van der Waals surface area contributed by atoms with Crippen LogP contribution in [0.3, 0.4) is 0 Å². The van der Waals surface area contributed by atoms with Crippen LogP contribution in [-0.4, -0.2) is 31.0 Å². The van der Waals surface area contributed by atoms with Gasteiger partial charge in [-0.05, 0) is 29.7 Å². The van der Waals surface area contributed by atoms with Gasteiger partial charge in [-0.25, -0.2) is 9.37 Å². The minimum atomic E-state index is -0.342. The number of rotatable bonds is 8. The number of halogens is 1. The molecule has 4 aromatic rings. The number of amides is 1. The van der Waals surface area contributed by atoms with Gasteiger partial charge in [0, 0.05) is 19.5 Å². The van der Waals surface area contributed by atoms with Crippen molar-refractivity contribution in [3.63, 3.8) is 0 Å². The van der Waals surface area contributed by atoms with E-state index in [-0.39, 0.29) is 24.2 Å². The quantitative estimate of drug-likeness (QED) is 0.415. The highest BCUT2D eigenvalue weighted by Gasteiger charge is 2.16. The molecule has 0 fully saturated rings. The molecular weight excluding hydrogens is 409 g/mol. The van der Waals surface area contributed by atoms with Crippen LogP contribution in [0.5, 0.6) is 0 Å². The van der Waals surface area contributed by atoms with E-state index in [9.17, 15) is 9.18 Å². The first kappa shape index (κ1) is 21.0. The van der Waals surface area contributed by atoms with E-state index in [0.717, 1.165) is 11.1 Å². The molecule has 31 heavy (non-hydrogen) atoms. The van der Waals surface area contributed by atoms with Crippen LogP contribution in [0.4, 0.5) is 9.52 Å². The van der Waals surface area contributed by atoms with Gasteiger partial charge in [0.05, 0.1) is 11.2 Å². The molecule has 0 saturated heterocycles. The third-order valence-corrected chi connectivity index (χ3v) is 6.36. The number of aromatic nitrogens is 1. The monoisotopic (exact) mass is 433 g/mol. The molecule has 158 valence electrons. The highest BCUT2D eigenvalue weighted by atomic mass is 32.1. The second kappa shape index (κ2) is 9.71. The van der Waals surface area contributed by atoms with E-state index >= 15 is 0 Å². The predicted octanol–water partition coefficient (Wildman–Crippen LogP) is 5.21. The first-order valence-electron chi connectivity index (χ1n) is 10.2. The van der Waals surface area contributed by atoms with Gasteiger partial charge in [-0.1, -0.05) is 78.1 Å². The summed E-state index contributed by atoms with van der Waals surface area (Å²) in [5.41, 5.74) is 2.82. The Bertz CT molecular complexity index is 1110. The fourth-order valence-electron chi connectivity index (χ4n) is 3.66. The van der Waals surface area contributed by atoms with Crippen LogP contribution >= 0.6 is 11.3 Å². The fraction of sp³-hybridized carbons (Fsp3) is 0.200. The molecule has 4 rings (SSSR count). The van der Waals surface area contributed by atoms with Gasteiger partial charge in [0.1, 0.15) is 11.3 Å². The number of hydrogen-bond acceptors (Lipinski definition) is 4. The fourth-order valence-corrected chi connectivity index (χ4v) is 4.60. The Labute approximate surface area is 185 Å². The van der Waals surface area contributed by atoms with Crippen molar-refractivity contribution >= 4 is 32.6 Å². The number of carbonyl (C=O) groups is 1. The number of benzene rings is 3. The smallest absolute Gasteiger partial charge is 0.239 e. The normalized spacial score (nSPS) is 11.1. The van der Waals surface area contributed by atoms with E-state index in [1.165, 1.54) is 28.5 Å². The van der Waals surface area contributed by atoms with Crippen LogP contribution < -0.4 is 10.2 Å². The lowest BCUT2D eigenvalue weighted by Crippen LogP contribution is -2.36. The van der Waals surface area contributed by atoms with Crippen LogP contribution in [-0.2, 0) is 4.79 Å². The van der Waals surface area contributed by atoms with Crippen molar-refractivity contribution in [3.8, 4) is 0 Å². The number of likely N-dealkylation sites (N-methyl/N-ethyl adjacent to an activating group) is 1. The van der Waals surface area contributed by atoms with Crippen molar-refractivity contribution < 1.29 is 9.18 Å². The number of thiazole rings is 1. The zero-order valence-corrected chi connectivity index (χ0v) is 18.1. The third-order valence-electron chi connectivity index (χ3n) is 5.22. The Morgan fingerprint density at radius 3 is 2.26 bits per heavy atom. The molecule has 0 spiro atoms. The SMILES string of the molecule is CN(CC(=O)NCCC(c1ccccc1)c1ccccc1)c1nc2c(F)cccc2s1. The van der Waals surface area contributed by atoms with Crippen molar-refractivity contribution in [1.82, 2.24) is 10.3 Å². The van der Waals surface area contributed by atoms with Gasteiger partial charge in [0.25, 0.3) is 0 Å². The molecule has 0 unspecified atom stereocenters. The number of nitrogens with zero attached hydrogens (tertiary/aromatic N) is 2. The van der Waals surface area contributed by atoms with Crippen molar-refractivity contribution in [2.75, 3.05) is 25.0 Å². The molecule has 0 atom stereocenters. The summed E-state index contributed by atoms with van der Waals surface area (Å²) in [4.78, 5) is 18.6. The molecule has 0 aliphatic heterocycles. The Hall–Kier alpha value is -3.25. The Morgan fingerprint density at radius 1 is 1.00 bits per heavy atom. The summed E-state index contributed by atoms with van der Waals surface area (Å²) in [6.45, 7) is 0.735. The lowest BCUT2D eigenvalue weighted by molar-refractivity contribution is -0.119. The van der Waals surface area contributed by atoms with Gasteiger partial charge < -0.3 is 10.2 Å². The average molecular weight is 434 g/mol. The largest absolute Gasteiger partial charge is 0.355 e. The molecule has 1 N–H and O–H groups in total. The standard InChI is InChI=1S/C25H24FN3OS/c1-29(25-28-24-21(26)13-8-14-22(24)31-25)17-23(30)27-16-15-20(18-9-4-2-5-10-18)19-11-6-3-7-12-19/h2-14,20H,15-17H2,1H3,(H,27,30). The van der Waals surface area contributed by atoms with Crippen LogP contribution in [0.2, 0.25) is 0 Å². The first-order chi connectivity index (χ1) is 15.1. The van der Waals surface area contributed by atoms with E-state index in [0.29, 0.717) is 17.2 Å². The summed E-state index contributed by atoms with van der Waals surface area (Å²) in [6.07, 6.45) is 0.801. The molecule has 4 nitrogen and oxygen atoms in total. The summed E-state index contributed by atoms with van der Waals surface area (Å²) >= 11 is 1.38. The number of fused-ring (bicyclic) bond motifs is 1. The predicted molar refractivity (Wildman–Crippen MR) is 125 cm³/mol. The number of nitrogens with one attached hydrogen (secondary N) is 1. The van der Waals surface area contributed by atoms with Crippen molar-refractivity contribution in [3.05, 3.63) is 95.8 Å². The van der Waals surface area contributed by atoms with E-state index in [4.69, 9.17) is 0 Å². The Morgan fingerprint density at radius 2 is 1.65 bits per heavy atom. The number of carbonyl (C=O) groups excluding carboxylic acids is 1. The molecule has 0 saturated carbocycles. The second-order valence-corrected chi connectivity index (χ2v) is 8.46. The molecule has 0 aliphatic carbocycles. The zero-order chi connectivity index (χ0) is 21.6. The lowest BCUT2D eigenvalue weighted by Gasteiger charge is -2.19. The molecular formula is C25H24FN3OS. The molecule has 6 heteroatoms. The van der Waals surface area contributed by atoms with Gasteiger partial charge in [-0.15, -0.1) is 0 Å². The van der Waals surface area contributed by atoms with E-state index in [2.05, 4.69) is 34.6 Å². The molecule has 1 heterocycles. The molecule has 0 bridgehead atoms. The van der Waals surface area contributed by atoms with Gasteiger partial charge in [-0.2, -0.15) is 0 Å². The van der Waals surface area contributed by atoms with Crippen LogP contribution in [0.15, 0.2) is 78.9 Å². The van der Waals surface area contributed by atoms with Crippen LogP contribution in [0.1, 0.15) is 23.5 Å². The highest BCUT2D eigenvalue weighted by Crippen LogP contribution is 2.30. The lowest BCUT2D eigenvalue weighted by atomic mass is 9.88. The second-order valence-electron chi connectivity index (χ2n) is 7.45. The maximum atomic E-state index is 13.9. The number of para-hydroxylation sites is 1. The van der Waals surface area contributed by atoms with Gasteiger partial charge >= 0.3 is 0 Å². The molecule has 0 radical (unpaired) electrons. The van der Waals surface area contributed by atoms with E-state index in [1.807, 2.05) is 42.5 Å².